The van der Waals surface area contributed by atoms with Gasteiger partial charge in [0.15, 0.2) is 9.84 Å². The van der Waals surface area contributed by atoms with Crippen molar-refractivity contribution in [2.24, 2.45) is 11.3 Å². The van der Waals surface area contributed by atoms with Gasteiger partial charge in [0.05, 0.1) is 10.1 Å². The summed E-state index contributed by atoms with van der Waals surface area (Å²) < 4.78 is 24.7. The molecule has 0 heterocycles. The smallest absolute Gasteiger partial charge is 0.182 e. The lowest BCUT2D eigenvalue weighted by molar-refractivity contribution is 0.568. The van der Waals surface area contributed by atoms with Gasteiger partial charge in [-0.05, 0) is 30.4 Å². The summed E-state index contributed by atoms with van der Waals surface area (Å²) in [5.41, 5.74) is 1.01. The van der Waals surface area contributed by atoms with Crippen molar-refractivity contribution in [2.45, 2.75) is 37.8 Å². The monoisotopic (exact) mass is 238 g/mol. The van der Waals surface area contributed by atoms with E-state index in [1.165, 1.54) is 0 Å². The Labute approximate surface area is 97.6 Å². The van der Waals surface area contributed by atoms with Crippen molar-refractivity contribution in [1.29, 1.82) is 0 Å². The van der Waals surface area contributed by atoms with Crippen LogP contribution < -0.4 is 0 Å². The van der Waals surface area contributed by atoms with Gasteiger partial charge in [0.1, 0.15) is 0 Å². The molecule has 1 saturated carbocycles. The molecule has 0 spiro atoms. The van der Waals surface area contributed by atoms with Crippen molar-refractivity contribution in [1.82, 2.24) is 0 Å². The Morgan fingerprint density at radius 3 is 1.94 bits per heavy atom. The van der Waals surface area contributed by atoms with Crippen molar-refractivity contribution in [3.05, 3.63) is 29.8 Å². The predicted octanol–water partition coefficient (Wildman–Crippen LogP) is 2.81. The average Bonchev–Trinajstić information content (AvgIpc) is 2.67. The van der Waals surface area contributed by atoms with E-state index >= 15 is 0 Å². The predicted molar refractivity (Wildman–Crippen MR) is 65.1 cm³/mol. The van der Waals surface area contributed by atoms with Crippen molar-refractivity contribution >= 4 is 9.84 Å². The Bertz CT molecular complexity index is 497. The lowest BCUT2D eigenvalue weighted by atomic mass is 10.1. The molecular weight excluding hydrogens is 220 g/mol. The minimum atomic E-state index is -3.14. The third-order valence-corrected chi connectivity index (χ3v) is 6.55. The van der Waals surface area contributed by atoms with Gasteiger partial charge in [0.25, 0.3) is 0 Å². The lowest BCUT2D eigenvalue weighted by Gasteiger charge is -2.06. The Morgan fingerprint density at radius 2 is 1.56 bits per heavy atom. The highest BCUT2D eigenvalue weighted by atomic mass is 32.2. The van der Waals surface area contributed by atoms with E-state index < -0.39 is 9.84 Å². The molecule has 0 radical (unpaired) electrons. The molecule has 88 valence electrons. The van der Waals surface area contributed by atoms with Crippen LogP contribution >= 0.6 is 0 Å². The number of hydrogen-bond acceptors (Lipinski definition) is 2. The highest BCUT2D eigenvalue weighted by Gasteiger charge is 2.61. The quantitative estimate of drug-likeness (QED) is 0.794. The maximum absolute atomic E-state index is 12.3. The summed E-state index contributed by atoms with van der Waals surface area (Å²) in [7, 11) is -3.14. The second kappa shape index (κ2) is 3.33. The summed E-state index contributed by atoms with van der Waals surface area (Å²) in [6, 6.07) is 7.14. The first kappa shape index (κ1) is 11.6. The number of aryl methyl sites for hydroxylation is 1. The molecule has 3 heteroatoms. The normalized spacial score (nSPS) is 27.8. The van der Waals surface area contributed by atoms with Crippen LogP contribution in [0, 0.1) is 18.3 Å². The molecule has 0 N–H and O–H groups in total. The maximum Gasteiger partial charge on any atom is 0.182 e. The molecule has 16 heavy (non-hydrogen) atoms. The van der Waals surface area contributed by atoms with E-state index in [9.17, 15) is 8.42 Å². The molecule has 2 nitrogen and oxygen atoms in total. The van der Waals surface area contributed by atoms with Gasteiger partial charge < -0.3 is 0 Å². The van der Waals surface area contributed by atoms with E-state index in [-0.39, 0.29) is 16.6 Å². The van der Waals surface area contributed by atoms with Crippen LogP contribution in [0.3, 0.4) is 0 Å². The van der Waals surface area contributed by atoms with E-state index in [1.807, 2.05) is 39.8 Å². The molecule has 1 aromatic rings. The van der Waals surface area contributed by atoms with Gasteiger partial charge >= 0.3 is 0 Å². The fourth-order valence-corrected chi connectivity index (χ4v) is 5.02. The average molecular weight is 238 g/mol. The zero-order valence-electron chi connectivity index (χ0n) is 10.2. The van der Waals surface area contributed by atoms with Crippen molar-refractivity contribution < 1.29 is 8.42 Å². The van der Waals surface area contributed by atoms with Gasteiger partial charge in [-0.2, -0.15) is 0 Å². The Balaban J connectivity index is 2.38. The molecule has 0 aromatic heterocycles. The van der Waals surface area contributed by atoms with Crippen LogP contribution in [0.2, 0.25) is 0 Å². The molecule has 2 unspecified atom stereocenters. The molecule has 0 aliphatic heterocycles. The summed E-state index contributed by atoms with van der Waals surface area (Å²) in [6.07, 6.45) is 0. The summed E-state index contributed by atoms with van der Waals surface area (Å²) in [5.74, 6) is 0.249. The number of rotatable bonds is 2. The summed E-state index contributed by atoms with van der Waals surface area (Å²) >= 11 is 0. The van der Waals surface area contributed by atoms with Crippen molar-refractivity contribution in [3.63, 3.8) is 0 Å². The molecule has 0 saturated heterocycles. The van der Waals surface area contributed by atoms with Crippen molar-refractivity contribution in [2.75, 3.05) is 0 Å². The molecular formula is C13H18O2S. The number of benzene rings is 1. The van der Waals surface area contributed by atoms with Crippen molar-refractivity contribution in [3.8, 4) is 0 Å². The zero-order chi connectivity index (χ0) is 12.1. The SMILES string of the molecule is Cc1ccc(S(=O)(=O)C2C(C)C2(C)C)cc1. The first-order valence-corrected chi connectivity index (χ1v) is 7.13. The topological polar surface area (TPSA) is 34.1 Å². The lowest BCUT2D eigenvalue weighted by Crippen LogP contribution is -2.12. The molecule has 2 atom stereocenters. The van der Waals surface area contributed by atoms with Gasteiger partial charge in [-0.1, -0.05) is 38.5 Å². The summed E-state index contributed by atoms with van der Waals surface area (Å²) in [4.78, 5) is 0.459. The molecule has 1 fully saturated rings. The molecule has 1 aliphatic rings. The first-order chi connectivity index (χ1) is 7.28. The second-order valence-corrected chi connectivity index (χ2v) is 7.46. The van der Waals surface area contributed by atoms with Crippen LogP contribution in [0.5, 0.6) is 0 Å². The van der Waals surface area contributed by atoms with E-state index in [4.69, 9.17) is 0 Å². The van der Waals surface area contributed by atoms with Crippen LogP contribution in [0.25, 0.3) is 0 Å². The summed E-state index contributed by atoms with van der Waals surface area (Å²) in [5, 5.41) is -0.220. The second-order valence-electron chi connectivity index (χ2n) is 5.39. The Hall–Kier alpha value is -0.830. The first-order valence-electron chi connectivity index (χ1n) is 5.58. The van der Waals surface area contributed by atoms with Crippen LogP contribution in [0.1, 0.15) is 26.3 Å². The fraction of sp³-hybridized carbons (Fsp3) is 0.538. The summed E-state index contributed by atoms with van der Waals surface area (Å²) in [6.45, 7) is 8.01. The van der Waals surface area contributed by atoms with Gasteiger partial charge in [0, 0.05) is 0 Å². The van der Waals surface area contributed by atoms with Crippen LogP contribution in [0.4, 0.5) is 0 Å². The van der Waals surface area contributed by atoms with Crippen LogP contribution in [0.15, 0.2) is 29.2 Å². The maximum atomic E-state index is 12.3. The molecule has 0 bridgehead atoms. The molecule has 1 aromatic carbocycles. The van der Waals surface area contributed by atoms with E-state index in [2.05, 4.69) is 0 Å². The third-order valence-electron chi connectivity index (χ3n) is 3.94. The van der Waals surface area contributed by atoms with Gasteiger partial charge in [-0.3, -0.25) is 0 Å². The number of hydrogen-bond donors (Lipinski definition) is 0. The molecule has 2 rings (SSSR count). The van der Waals surface area contributed by atoms with E-state index in [0.717, 1.165) is 5.56 Å². The highest BCUT2D eigenvalue weighted by molar-refractivity contribution is 7.92. The minimum absolute atomic E-state index is 0.0796. The van der Waals surface area contributed by atoms with Gasteiger partial charge in [0.2, 0.25) is 0 Å². The van der Waals surface area contributed by atoms with Gasteiger partial charge in [-0.25, -0.2) is 8.42 Å². The van der Waals surface area contributed by atoms with Crippen LogP contribution in [-0.4, -0.2) is 13.7 Å². The largest absolute Gasteiger partial charge is 0.223 e. The van der Waals surface area contributed by atoms with E-state index in [0.29, 0.717) is 4.90 Å². The Kier molecular flexibility index (Phi) is 2.42. The number of sulfone groups is 1. The standard InChI is InChI=1S/C13H18O2S/c1-9-5-7-11(8-6-9)16(14,15)12-10(2)13(12,3)4/h5-8,10,12H,1-4H3. The zero-order valence-corrected chi connectivity index (χ0v) is 11.0. The Morgan fingerprint density at radius 1 is 1.12 bits per heavy atom. The molecule has 1 aliphatic carbocycles. The van der Waals surface area contributed by atoms with Gasteiger partial charge in [-0.15, -0.1) is 0 Å². The third kappa shape index (κ3) is 1.58. The highest BCUT2D eigenvalue weighted by Crippen LogP contribution is 2.57. The fourth-order valence-electron chi connectivity index (χ4n) is 2.38. The van der Waals surface area contributed by atoms with E-state index in [1.54, 1.807) is 12.1 Å². The molecule has 0 amide bonds. The van der Waals surface area contributed by atoms with Crippen LogP contribution in [-0.2, 0) is 9.84 Å². The minimum Gasteiger partial charge on any atom is -0.223 e.